The van der Waals surface area contributed by atoms with E-state index < -0.39 is 23.8 Å². The van der Waals surface area contributed by atoms with Gasteiger partial charge in [-0.2, -0.15) is 0 Å². The van der Waals surface area contributed by atoms with E-state index in [1.807, 2.05) is 31.2 Å². The van der Waals surface area contributed by atoms with Gasteiger partial charge in [-0.15, -0.1) is 0 Å². The number of aryl methyl sites for hydroxylation is 2. The molecular formula is C33H43F2N3O2. The number of hydrogen-bond donors (Lipinski definition) is 4. The number of carbonyl (C=O) groups excluding carboxylic acids is 1. The molecule has 4 N–H and O–H groups in total. The average Bonchev–Trinajstić information content (AvgIpc) is 2.90. The van der Waals surface area contributed by atoms with Crippen molar-refractivity contribution >= 4 is 5.91 Å². The highest BCUT2D eigenvalue weighted by Gasteiger charge is 2.23. The second-order valence-corrected chi connectivity index (χ2v) is 11.0. The summed E-state index contributed by atoms with van der Waals surface area (Å²) in [5.74, 6) is -1.13. The van der Waals surface area contributed by atoms with Crippen LogP contribution in [0.5, 0.6) is 0 Å². The van der Waals surface area contributed by atoms with E-state index in [9.17, 15) is 18.7 Å². The van der Waals surface area contributed by atoms with Gasteiger partial charge in [0.15, 0.2) is 0 Å². The first-order valence-corrected chi connectivity index (χ1v) is 14.2. The Morgan fingerprint density at radius 2 is 1.57 bits per heavy atom. The van der Waals surface area contributed by atoms with Crippen molar-refractivity contribution in [2.45, 2.75) is 72.2 Å². The molecule has 0 radical (unpaired) electrons. The Balaban J connectivity index is 1.71. The quantitative estimate of drug-likeness (QED) is 0.189. The molecule has 216 valence electrons. The van der Waals surface area contributed by atoms with Crippen LogP contribution in [0.2, 0.25) is 0 Å². The van der Waals surface area contributed by atoms with Gasteiger partial charge in [0, 0.05) is 31.3 Å². The summed E-state index contributed by atoms with van der Waals surface area (Å²) in [6.45, 7) is 10.7. The molecule has 2 atom stereocenters. The minimum Gasteiger partial charge on any atom is -0.390 e. The first-order valence-electron chi connectivity index (χ1n) is 14.2. The van der Waals surface area contributed by atoms with Gasteiger partial charge in [-0.3, -0.25) is 4.79 Å². The van der Waals surface area contributed by atoms with Gasteiger partial charge in [-0.1, -0.05) is 56.7 Å². The van der Waals surface area contributed by atoms with Crippen molar-refractivity contribution in [3.63, 3.8) is 0 Å². The summed E-state index contributed by atoms with van der Waals surface area (Å²) in [4.78, 5) is 13.4. The molecule has 7 heteroatoms. The lowest BCUT2D eigenvalue weighted by atomic mass is 9.99. The molecule has 40 heavy (non-hydrogen) atoms. The highest BCUT2D eigenvalue weighted by atomic mass is 19.1. The normalized spacial score (nSPS) is 12.9. The van der Waals surface area contributed by atoms with Crippen LogP contribution in [0.25, 0.3) is 0 Å². The van der Waals surface area contributed by atoms with Crippen molar-refractivity contribution in [1.82, 2.24) is 16.0 Å². The lowest BCUT2D eigenvalue weighted by molar-refractivity contribution is 0.0829. The highest BCUT2D eigenvalue weighted by molar-refractivity contribution is 5.94. The average molecular weight is 552 g/mol. The maximum absolute atomic E-state index is 13.9. The lowest BCUT2D eigenvalue weighted by Gasteiger charge is -2.25. The molecular weight excluding hydrogens is 508 g/mol. The SMILES string of the molecule is CCc1cccc(CNC[C@@H](O)[C@H](Cc2cc(F)cc(F)c2)NC(=O)c2cc(C)cc(CNCCC(C)C)c2)c1. The Morgan fingerprint density at radius 3 is 2.27 bits per heavy atom. The van der Waals surface area contributed by atoms with Crippen molar-refractivity contribution in [1.29, 1.82) is 0 Å². The van der Waals surface area contributed by atoms with Gasteiger partial charge in [-0.05, 0) is 85.2 Å². The van der Waals surface area contributed by atoms with Gasteiger partial charge >= 0.3 is 0 Å². The molecule has 0 aliphatic heterocycles. The maximum Gasteiger partial charge on any atom is 0.251 e. The lowest BCUT2D eigenvalue weighted by Crippen LogP contribution is -2.48. The van der Waals surface area contributed by atoms with E-state index in [1.165, 1.54) is 17.7 Å². The molecule has 0 aliphatic rings. The first-order chi connectivity index (χ1) is 19.1. The minimum absolute atomic E-state index is 0.0734. The molecule has 0 aliphatic carbocycles. The van der Waals surface area contributed by atoms with Crippen molar-refractivity contribution in [2.24, 2.45) is 5.92 Å². The van der Waals surface area contributed by atoms with Gasteiger partial charge in [0.25, 0.3) is 5.91 Å². The topological polar surface area (TPSA) is 73.4 Å². The van der Waals surface area contributed by atoms with Crippen LogP contribution in [-0.4, -0.2) is 36.2 Å². The molecule has 3 aromatic rings. The largest absolute Gasteiger partial charge is 0.390 e. The van der Waals surface area contributed by atoms with Gasteiger partial charge in [0.1, 0.15) is 11.6 Å². The van der Waals surface area contributed by atoms with Crippen molar-refractivity contribution in [3.05, 3.63) is 106 Å². The van der Waals surface area contributed by atoms with E-state index in [0.29, 0.717) is 30.1 Å². The second-order valence-electron chi connectivity index (χ2n) is 11.0. The number of halogens is 2. The molecule has 0 saturated carbocycles. The summed E-state index contributed by atoms with van der Waals surface area (Å²) < 4.78 is 27.8. The summed E-state index contributed by atoms with van der Waals surface area (Å²) in [6, 6.07) is 16.4. The highest BCUT2D eigenvalue weighted by Crippen LogP contribution is 2.15. The Bertz CT molecular complexity index is 1230. The number of hydrogen-bond acceptors (Lipinski definition) is 4. The molecule has 3 aromatic carbocycles. The van der Waals surface area contributed by atoms with Crippen LogP contribution in [0.15, 0.2) is 60.7 Å². The van der Waals surface area contributed by atoms with Gasteiger partial charge in [-0.25, -0.2) is 8.78 Å². The molecule has 0 unspecified atom stereocenters. The number of amides is 1. The molecule has 0 spiro atoms. The fourth-order valence-corrected chi connectivity index (χ4v) is 4.70. The zero-order valence-corrected chi connectivity index (χ0v) is 24.1. The van der Waals surface area contributed by atoms with Gasteiger partial charge in [0.05, 0.1) is 12.1 Å². The summed E-state index contributed by atoms with van der Waals surface area (Å²) in [5.41, 5.74) is 5.10. The molecule has 0 aromatic heterocycles. The Hall–Kier alpha value is -3.13. The third kappa shape index (κ3) is 10.5. The predicted octanol–water partition coefficient (Wildman–Crippen LogP) is 5.46. The zero-order chi connectivity index (χ0) is 29.1. The number of benzene rings is 3. The van der Waals surface area contributed by atoms with E-state index in [1.54, 1.807) is 6.07 Å². The number of nitrogens with one attached hydrogen (secondary N) is 3. The van der Waals surface area contributed by atoms with E-state index in [0.717, 1.165) is 42.1 Å². The molecule has 0 saturated heterocycles. The van der Waals surface area contributed by atoms with Crippen LogP contribution >= 0.6 is 0 Å². The molecule has 0 bridgehead atoms. The smallest absolute Gasteiger partial charge is 0.251 e. The van der Waals surface area contributed by atoms with Crippen LogP contribution in [0.4, 0.5) is 8.78 Å². The van der Waals surface area contributed by atoms with E-state index >= 15 is 0 Å². The van der Waals surface area contributed by atoms with E-state index in [4.69, 9.17) is 0 Å². The van der Waals surface area contributed by atoms with E-state index in [-0.39, 0.29) is 18.9 Å². The van der Waals surface area contributed by atoms with Crippen molar-refractivity contribution in [3.8, 4) is 0 Å². The summed E-state index contributed by atoms with van der Waals surface area (Å²) >= 11 is 0. The summed E-state index contributed by atoms with van der Waals surface area (Å²) in [5, 5.41) is 20.7. The Kier molecular flexibility index (Phi) is 12.2. The summed E-state index contributed by atoms with van der Waals surface area (Å²) in [7, 11) is 0. The van der Waals surface area contributed by atoms with Crippen LogP contribution in [-0.2, 0) is 25.9 Å². The number of aliphatic hydroxyl groups excluding tert-OH is 1. The molecule has 1 amide bonds. The zero-order valence-electron chi connectivity index (χ0n) is 24.1. The third-order valence-electron chi connectivity index (χ3n) is 6.87. The molecule has 3 rings (SSSR count). The third-order valence-corrected chi connectivity index (χ3v) is 6.87. The Labute approximate surface area is 237 Å². The van der Waals surface area contributed by atoms with Crippen LogP contribution < -0.4 is 16.0 Å². The number of carbonyl (C=O) groups is 1. The maximum atomic E-state index is 13.9. The number of rotatable bonds is 15. The van der Waals surface area contributed by atoms with Crippen LogP contribution in [0.3, 0.4) is 0 Å². The first kappa shape index (κ1) is 31.4. The molecule has 0 heterocycles. The van der Waals surface area contributed by atoms with Crippen LogP contribution in [0.1, 0.15) is 65.4 Å². The molecule has 5 nitrogen and oxygen atoms in total. The van der Waals surface area contributed by atoms with E-state index in [2.05, 4.69) is 48.9 Å². The summed E-state index contributed by atoms with van der Waals surface area (Å²) in [6.07, 6.45) is 1.08. The fraction of sp³-hybridized carbons (Fsp3) is 0.424. The number of aliphatic hydroxyl groups is 1. The predicted molar refractivity (Wildman–Crippen MR) is 157 cm³/mol. The minimum atomic E-state index is -0.994. The van der Waals surface area contributed by atoms with Crippen molar-refractivity contribution < 1.29 is 18.7 Å². The fourth-order valence-electron chi connectivity index (χ4n) is 4.70. The standard InChI is InChI=1S/C33H43F2N3O2/c1-5-24-7-6-8-25(13-24)19-37-21-32(39)31(17-26-15-29(34)18-30(35)16-26)38-33(40)28-12-23(4)11-27(14-28)20-36-10-9-22(2)3/h6-8,11-16,18,22,31-32,36-37,39H,5,9-10,17,19-21H2,1-4H3,(H,38,40)/t31-,32+/m0/s1. The second kappa shape index (κ2) is 15.6. The molecule has 0 fully saturated rings. The van der Waals surface area contributed by atoms with Crippen molar-refractivity contribution in [2.75, 3.05) is 13.1 Å². The van der Waals surface area contributed by atoms with Gasteiger partial charge < -0.3 is 21.1 Å². The monoisotopic (exact) mass is 551 g/mol. The Morgan fingerprint density at radius 1 is 0.875 bits per heavy atom. The van der Waals surface area contributed by atoms with Crippen LogP contribution in [0, 0.1) is 24.5 Å². The van der Waals surface area contributed by atoms with Gasteiger partial charge in [0.2, 0.25) is 0 Å².